The van der Waals surface area contributed by atoms with Crippen LogP contribution < -0.4 is 0 Å². The van der Waals surface area contributed by atoms with Crippen molar-refractivity contribution in [3.8, 4) is 0 Å². The molecular formula is C26H23ClFN3O6. The SMILES string of the molecule is C[C@@H]1C=CC[C@@H]2C(=O)N(N(C(=O)c3ccc([N+](=O)[O-])cc3)[C@@H](CCCl)C(=O)c3ccc(F)cc3)C(=O)[C@@H]12. The number of halogens is 2. The molecule has 1 aliphatic carbocycles. The number of non-ortho nitro benzene ring substituents is 1. The van der Waals surface area contributed by atoms with E-state index in [1.807, 2.05) is 12.2 Å². The first-order valence-electron chi connectivity index (χ1n) is 11.6. The van der Waals surface area contributed by atoms with Gasteiger partial charge in [0.05, 0.1) is 16.8 Å². The molecule has 0 radical (unpaired) electrons. The van der Waals surface area contributed by atoms with E-state index in [1.165, 1.54) is 24.3 Å². The molecule has 4 rings (SSSR count). The van der Waals surface area contributed by atoms with E-state index in [2.05, 4.69) is 0 Å². The fraction of sp³-hybridized carbons (Fsp3) is 0.308. The largest absolute Gasteiger partial charge is 0.292 e. The summed E-state index contributed by atoms with van der Waals surface area (Å²) in [6.07, 6.45) is 3.83. The Morgan fingerprint density at radius 3 is 2.30 bits per heavy atom. The molecule has 37 heavy (non-hydrogen) atoms. The smallest absolute Gasteiger partial charge is 0.273 e. The number of nitro benzene ring substituents is 1. The van der Waals surface area contributed by atoms with Crippen LogP contribution in [0.1, 0.15) is 40.5 Å². The molecule has 192 valence electrons. The van der Waals surface area contributed by atoms with E-state index in [9.17, 15) is 33.7 Å². The van der Waals surface area contributed by atoms with E-state index < -0.39 is 52.1 Å². The summed E-state index contributed by atoms with van der Waals surface area (Å²) in [5.41, 5.74) is -0.273. The molecule has 2 aliphatic rings. The van der Waals surface area contributed by atoms with Crippen molar-refractivity contribution in [3.63, 3.8) is 0 Å². The summed E-state index contributed by atoms with van der Waals surface area (Å²) in [5.74, 6) is -5.08. The van der Waals surface area contributed by atoms with Gasteiger partial charge < -0.3 is 0 Å². The van der Waals surface area contributed by atoms with Crippen molar-refractivity contribution in [2.75, 3.05) is 5.88 Å². The molecule has 11 heteroatoms. The standard InChI is InChI=1S/C26H23ClFN3O6/c1-15-3-2-4-20-22(15)26(35)30(25(20)34)29(24(33)17-7-11-19(12-8-17)31(36)37)21(13-14-27)23(32)16-5-9-18(28)10-6-16/h2-3,5-12,15,20-22H,4,13-14H2,1H3/t15-,20+,21+,22+/m1/s1. The van der Waals surface area contributed by atoms with Gasteiger partial charge in [-0.05, 0) is 55.2 Å². The molecule has 1 fully saturated rings. The fourth-order valence-electron chi connectivity index (χ4n) is 4.85. The van der Waals surface area contributed by atoms with Gasteiger partial charge in [0.1, 0.15) is 11.9 Å². The van der Waals surface area contributed by atoms with E-state index >= 15 is 0 Å². The molecule has 9 nitrogen and oxygen atoms in total. The van der Waals surface area contributed by atoms with Crippen molar-refractivity contribution in [2.45, 2.75) is 25.8 Å². The Hall–Kier alpha value is -3.92. The van der Waals surface area contributed by atoms with Gasteiger partial charge in [0, 0.05) is 29.1 Å². The van der Waals surface area contributed by atoms with Gasteiger partial charge in [-0.1, -0.05) is 19.1 Å². The number of Topliss-reactive ketones (excluding diaryl/α,β-unsaturated/α-hetero) is 1. The molecule has 0 N–H and O–H groups in total. The van der Waals surface area contributed by atoms with Gasteiger partial charge in [-0.2, -0.15) is 5.01 Å². The minimum atomic E-state index is -1.37. The lowest BCUT2D eigenvalue weighted by Crippen LogP contribution is -2.57. The van der Waals surface area contributed by atoms with E-state index in [0.29, 0.717) is 6.42 Å². The third-order valence-electron chi connectivity index (χ3n) is 6.71. The Morgan fingerprint density at radius 2 is 1.73 bits per heavy atom. The van der Waals surface area contributed by atoms with Crippen LogP contribution in [-0.2, 0) is 9.59 Å². The van der Waals surface area contributed by atoms with Crippen molar-refractivity contribution in [2.24, 2.45) is 17.8 Å². The monoisotopic (exact) mass is 527 g/mol. The summed E-state index contributed by atoms with van der Waals surface area (Å²) in [4.78, 5) is 65.0. The van der Waals surface area contributed by atoms with Crippen LogP contribution in [0.15, 0.2) is 60.7 Å². The number of benzene rings is 2. The molecule has 0 saturated carbocycles. The second-order valence-electron chi connectivity index (χ2n) is 8.96. The lowest BCUT2D eigenvalue weighted by atomic mass is 9.78. The number of nitro groups is 1. The molecule has 2 aromatic carbocycles. The van der Waals surface area contributed by atoms with Crippen LogP contribution in [0.2, 0.25) is 0 Å². The van der Waals surface area contributed by atoms with Gasteiger partial charge in [0.15, 0.2) is 5.78 Å². The number of alkyl halides is 1. The molecular weight excluding hydrogens is 505 g/mol. The average molecular weight is 528 g/mol. The minimum Gasteiger partial charge on any atom is -0.292 e. The topological polar surface area (TPSA) is 118 Å². The van der Waals surface area contributed by atoms with E-state index in [4.69, 9.17) is 11.6 Å². The number of imide groups is 1. The zero-order chi connectivity index (χ0) is 26.9. The molecule has 0 spiro atoms. The zero-order valence-corrected chi connectivity index (χ0v) is 20.5. The van der Waals surface area contributed by atoms with Gasteiger partial charge in [-0.15, -0.1) is 11.6 Å². The Kier molecular flexibility index (Phi) is 7.49. The van der Waals surface area contributed by atoms with Crippen LogP contribution >= 0.6 is 11.6 Å². The quantitative estimate of drug-likeness (QED) is 0.127. The number of hydrogen-bond donors (Lipinski definition) is 0. The summed E-state index contributed by atoms with van der Waals surface area (Å²) < 4.78 is 13.5. The maximum atomic E-state index is 13.8. The average Bonchev–Trinajstić information content (AvgIpc) is 3.14. The van der Waals surface area contributed by atoms with Gasteiger partial charge >= 0.3 is 0 Å². The first-order chi connectivity index (χ1) is 17.6. The molecule has 2 aromatic rings. The predicted octanol–water partition coefficient (Wildman–Crippen LogP) is 4.17. The normalized spacial score (nSPS) is 21.5. The summed E-state index contributed by atoms with van der Waals surface area (Å²) in [5, 5.41) is 12.6. The second-order valence-corrected chi connectivity index (χ2v) is 9.34. The number of hydrazine groups is 1. The summed E-state index contributed by atoms with van der Waals surface area (Å²) in [6, 6.07) is 7.89. The maximum Gasteiger partial charge on any atom is 0.273 e. The van der Waals surface area contributed by atoms with Crippen LogP contribution in [0.3, 0.4) is 0 Å². The lowest BCUT2D eigenvalue weighted by molar-refractivity contribution is -0.384. The third-order valence-corrected chi connectivity index (χ3v) is 6.93. The van der Waals surface area contributed by atoms with Gasteiger partial charge in [0.2, 0.25) is 0 Å². The summed E-state index contributed by atoms with van der Waals surface area (Å²) >= 11 is 6.00. The molecule has 0 bridgehead atoms. The molecule has 1 heterocycles. The molecule has 4 atom stereocenters. The van der Waals surface area contributed by atoms with E-state index in [-0.39, 0.29) is 35.0 Å². The van der Waals surface area contributed by atoms with E-state index in [1.54, 1.807) is 6.92 Å². The van der Waals surface area contributed by atoms with Crippen LogP contribution in [0.25, 0.3) is 0 Å². The molecule has 1 saturated heterocycles. The Balaban J connectivity index is 1.81. The predicted molar refractivity (Wildman–Crippen MR) is 131 cm³/mol. The molecule has 0 unspecified atom stereocenters. The van der Waals surface area contributed by atoms with Crippen molar-refractivity contribution < 1.29 is 28.5 Å². The summed E-state index contributed by atoms with van der Waals surface area (Å²) in [7, 11) is 0. The first kappa shape index (κ1) is 26.2. The van der Waals surface area contributed by atoms with Crippen LogP contribution in [0.4, 0.5) is 10.1 Å². The number of ketones is 1. The Morgan fingerprint density at radius 1 is 1.11 bits per heavy atom. The highest BCUT2D eigenvalue weighted by atomic mass is 35.5. The van der Waals surface area contributed by atoms with Gasteiger partial charge in [-0.25, -0.2) is 9.40 Å². The number of nitrogens with zero attached hydrogens (tertiary/aromatic N) is 3. The van der Waals surface area contributed by atoms with Crippen molar-refractivity contribution in [1.29, 1.82) is 0 Å². The van der Waals surface area contributed by atoms with Crippen LogP contribution in [-0.4, -0.2) is 50.4 Å². The lowest BCUT2D eigenvalue weighted by Gasteiger charge is -2.36. The van der Waals surface area contributed by atoms with Crippen molar-refractivity contribution >= 4 is 40.8 Å². The highest BCUT2D eigenvalue weighted by molar-refractivity contribution is 6.18. The van der Waals surface area contributed by atoms with Crippen LogP contribution in [0.5, 0.6) is 0 Å². The highest BCUT2D eigenvalue weighted by Gasteiger charge is 2.54. The van der Waals surface area contributed by atoms with E-state index in [0.717, 1.165) is 34.3 Å². The van der Waals surface area contributed by atoms with Crippen molar-refractivity contribution in [1.82, 2.24) is 10.0 Å². The number of carbonyl (C=O) groups excluding carboxylic acids is 4. The summed E-state index contributed by atoms with van der Waals surface area (Å²) in [6.45, 7) is 1.80. The number of allylic oxidation sites excluding steroid dienone is 2. The molecule has 1 aliphatic heterocycles. The number of carbonyl (C=O) groups is 4. The maximum absolute atomic E-state index is 13.8. The van der Waals surface area contributed by atoms with Crippen LogP contribution in [0, 0.1) is 33.7 Å². The Labute approximate surface area is 216 Å². The van der Waals surface area contributed by atoms with Crippen molar-refractivity contribution in [3.05, 3.63) is 87.7 Å². The van der Waals surface area contributed by atoms with Gasteiger partial charge in [-0.3, -0.25) is 29.3 Å². The van der Waals surface area contributed by atoms with Gasteiger partial charge in [0.25, 0.3) is 23.4 Å². The fourth-order valence-corrected chi connectivity index (χ4v) is 5.05. The number of amides is 3. The number of fused-ring (bicyclic) bond motifs is 1. The highest BCUT2D eigenvalue weighted by Crippen LogP contribution is 2.40. The second kappa shape index (κ2) is 10.6. The first-order valence-corrected chi connectivity index (χ1v) is 12.2. The zero-order valence-electron chi connectivity index (χ0n) is 19.8. The molecule has 0 aromatic heterocycles. The Bertz CT molecular complexity index is 1280. The minimum absolute atomic E-state index is 0.0598. The number of rotatable bonds is 8. The molecule has 3 amide bonds. The number of hydrogen-bond acceptors (Lipinski definition) is 6. The third kappa shape index (κ3) is 4.89.